The van der Waals surface area contributed by atoms with Gasteiger partial charge in [-0.15, -0.1) is 0 Å². The lowest BCUT2D eigenvalue weighted by atomic mass is 10.1. The van der Waals surface area contributed by atoms with Crippen LogP contribution in [0, 0.1) is 21.8 Å². The molecule has 0 unspecified atom stereocenters. The van der Waals surface area contributed by atoms with Gasteiger partial charge in [-0.05, 0) is 54.3 Å². The monoisotopic (exact) mass is 629 g/mol. The summed E-state index contributed by atoms with van der Waals surface area (Å²) in [6.45, 7) is 2.83. The van der Waals surface area contributed by atoms with E-state index in [0.717, 1.165) is 22.5 Å². The maximum absolute atomic E-state index is 13.8. The predicted molar refractivity (Wildman–Crippen MR) is 159 cm³/mol. The molecule has 4 rings (SSSR count). The van der Waals surface area contributed by atoms with Crippen molar-refractivity contribution < 1.29 is 26.9 Å². The molecule has 10 nitrogen and oxygen atoms in total. The summed E-state index contributed by atoms with van der Waals surface area (Å²) in [6.07, 6.45) is 1.66. The number of hydrogen-bond acceptors (Lipinski definition) is 7. The molecule has 0 fully saturated rings. The Morgan fingerprint density at radius 1 is 1.07 bits per heavy atom. The van der Waals surface area contributed by atoms with E-state index in [2.05, 4.69) is 0 Å². The summed E-state index contributed by atoms with van der Waals surface area (Å²) in [5.41, 5.74) is 0.148. The molecule has 0 spiro atoms. The topological polar surface area (TPSA) is 131 Å². The van der Waals surface area contributed by atoms with Crippen LogP contribution in [0.4, 0.5) is 10.1 Å². The summed E-state index contributed by atoms with van der Waals surface area (Å²) in [7, 11) is -4.39. The van der Waals surface area contributed by atoms with Gasteiger partial charge in [0, 0.05) is 19.2 Å². The van der Waals surface area contributed by atoms with Gasteiger partial charge in [0.2, 0.25) is 15.9 Å². The normalized spacial score (nSPS) is 11.8. The largest absolute Gasteiger partial charge is 0.464 e. The van der Waals surface area contributed by atoms with Gasteiger partial charge in [0.25, 0.3) is 5.69 Å². The minimum atomic E-state index is -4.39. The van der Waals surface area contributed by atoms with E-state index in [1.165, 1.54) is 35.4 Å². The summed E-state index contributed by atoms with van der Waals surface area (Å²) in [5.74, 6) is -1.04. The predicted octanol–water partition coefficient (Wildman–Crippen LogP) is 5.76. The van der Waals surface area contributed by atoms with Crippen LogP contribution in [0.25, 0.3) is 11.0 Å². The molecule has 1 amide bonds. The summed E-state index contributed by atoms with van der Waals surface area (Å²) in [6, 6.07) is 15.2. The van der Waals surface area contributed by atoms with E-state index in [1.54, 1.807) is 24.3 Å². The third-order valence-electron chi connectivity index (χ3n) is 6.77. The molecule has 1 aromatic heterocycles. The van der Waals surface area contributed by atoms with Crippen molar-refractivity contribution in [3.63, 3.8) is 0 Å². The minimum absolute atomic E-state index is 0.0509. The number of rotatable bonds is 12. The number of nitro benzene ring substituents is 1. The van der Waals surface area contributed by atoms with Crippen molar-refractivity contribution in [3.8, 4) is 0 Å². The molecule has 4 aromatic rings. The highest BCUT2D eigenvalue weighted by molar-refractivity contribution is 7.89. The number of para-hydroxylation sites is 1. The lowest BCUT2D eigenvalue weighted by molar-refractivity contribution is -0.384. The highest BCUT2D eigenvalue weighted by Gasteiger charge is 2.31. The minimum Gasteiger partial charge on any atom is -0.464 e. The SMILES string of the molecule is CC(C)CCN(CC(=O)N(Cc1ccc(F)cc1)Cc1coc2ccccc2c1=O)S(=O)(=O)c1ccc(Cl)c([N+](=O)[O-])c1. The van der Waals surface area contributed by atoms with Gasteiger partial charge >= 0.3 is 0 Å². The van der Waals surface area contributed by atoms with Crippen LogP contribution in [0.5, 0.6) is 0 Å². The highest BCUT2D eigenvalue weighted by atomic mass is 35.5. The van der Waals surface area contributed by atoms with E-state index in [1.807, 2.05) is 13.8 Å². The summed E-state index contributed by atoms with van der Waals surface area (Å²) < 4.78 is 47.6. The van der Waals surface area contributed by atoms with Gasteiger partial charge in [-0.3, -0.25) is 19.7 Å². The Labute approximate surface area is 252 Å². The molecule has 3 aromatic carbocycles. The first-order valence-corrected chi connectivity index (χ1v) is 15.1. The van der Waals surface area contributed by atoms with Gasteiger partial charge in [-0.25, -0.2) is 12.8 Å². The van der Waals surface area contributed by atoms with Crippen LogP contribution in [0.15, 0.2) is 87.1 Å². The number of carbonyl (C=O) groups is 1. The van der Waals surface area contributed by atoms with Crippen molar-refractivity contribution >= 4 is 44.2 Å². The number of hydrogen-bond donors (Lipinski definition) is 0. The second-order valence-electron chi connectivity index (χ2n) is 10.4. The number of carbonyl (C=O) groups excluding carboxylic acids is 1. The summed E-state index contributed by atoms with van der Waals surface area (Å²) in [5, 5.41) is 11.5. The molecule has 0 aliphatic carbocycles. The molecule has 0 aliphatic rings. The molecule has 0 bridgehead atoms. The van der Waals surface area contributed by atoms with Gasteiger partial charge in [-0.1, -0.05) is 49.7 Å². The fourth-order valence-electron chi connectivity index (χ4n) is 4.35. The number of benzene rings is 3. The Kier molecular flexibility index (Phi) is 9.95. The molecular formula is C30H29ClFN3O7S. The average molecular weight is 630 g/mol. The van der Waals surface area contributed by atoms with Crippen molar-refractivity contribution in [2.75, 3.05) is 13.1 Å². The Balaban J connectivity index is 1.71. The van der Waals surface area contributed by atoms with Crippen LogP contribution in [-0.2, 0) is 27.9 Å². The number of amides is 1. The molecule has 0 N–H and O–H groups in total. The summed E-state index contributed by atoms with van der Waals surface area (Å²) >= 11 is 5.89. The molecule has 226 valence electrons. The summed E-state index contributed by atoms with van der Waals surface area (Å²) in [4.78, 5) is 38.6. The van der Waals surface area contributed by atoms with Crippen LogP contribution in [-0.4, -0.2) is 41.5 Å². The zero-order chi connectivity index (χ0) is 31.3. The molecule has 0 saturated heterocycles. The van der Waals surface area contributed by atoms with Crippen LogP contribution in [0.3, 0.4) is 0 Å². The molecule has 0 radical (unpaired) electrons. The number of nitro groups is 1. The van der Waals surface area contributed by atoms with E-state index in [0.29, 0.717) is 23.0 Å². The smallest absolute Gasteiger partial charge is 0.289 e. The van der Waals surface area contributed by atoms with Gasteiger partial charge in [0.15, 0.2) is 5.43 Å². The third kappa shape index (κ3) is 7.64. The highest BCUT2D eigenvalue weighted by Crippen LogP contribution is 2.29. The number of halogens is 2. The van der Waals surface area contributed by atoms with Crippen molar-refractivity contribution in [1.82, 2.24) is 9.21 Å². The Bertz CT molecular complexity index is 1810. The number of nitrogens with zero attached hydrogens (tertiary/aromatic N) is 3. The van der Waals surface area contributed by atoms with Gasteiger partial charge in [-0.2, -0.15) is 4.31 Å². The fourth-order valence-corrected chi connectivity index (χ4v) is 5.97. The van der Waals surface area contributed by atoms with Crippen LogP contribution in [0.2, 0.25) is 5.02 Å². The molecule has 0 atom stereocenters. The van der Waals surface area contributed by atoms with E-state index in [-0.39, 0.29) is 46.5 Å². The molecule has 1 heterocycles. The van der Waals surface area contributed by atoms with E-state index in [9.17, 15) is 32.5 Å². The first-order valence-electron chi connectivity index (χ1n) is 13.3. The van der Waals surface area contributed by atoms with E-state index >= 15 is 0 Å². The third-order valence-corrected chi connectivity index (χ3v) is 8.93. The molecular weight excluding hydrogens is 601 g/mol. The maximum Gasteiger partial charge on any atom is 0.289 e. The van der Waals surface area contributed by atoms with Crippen LogP contribution >= 0.6 is 11.6 Å². The first kappa shape index (κ1) is 31.8. The lowest BCUT2D eigenvalue weighted by Crippen LogP contribution is -2.43. The first-order chi connectivity index (χ1) is 20.4. The van der Waals surface area contributed by atoms with E-state index < -0.39 is 38.9 Å². The lowest BCUT2D eigenvalue weighted by Gasteiger charge is -2.28. The second kappa shape index (κ2) is 13.4. The standard InChI is InChI=1S/C30H29ClFN3O7S/c1-20(2)13-14-34(43(40,41)24-11-12-26(31)27(15-24)35(38)39)18-29(36)33(16-21-7-9-23(32)10-8-21)17-22-19-42-28-6-4-3-5-25(28)30(22)37/h3-12,15,19-20H,13-14,16-18H2,1-2H3. The Hall–Kier alpha value is -4.13. The van der Waals surface area contributed by atoms with Crippen LogP contribution < -0.4 is 5.43 Å². The Morgan fingerprint density at radius 3 is 2.44 bits per heavy atom. The number of fused-ring (bicyclic) bond motifs is 1. The second-order valence-corrected chi connectivity index (χ2v) is 12.7. The molecule has 43 heavy (non-hydrogen) atoms. The van der Waals surface area contributed by atoms with Crippen LogP contribution in [0.1, 0.15) is 31.4 Å². The fraction of sp³-hybridized carbons (Fsp3) is 0.267. The van der Waals surface area contributed by atoms with Crippen molar-refractivity contribution in [2.24, 2.45) is 5.92 Å². The van der Waals surface area contributed by atoms with Gasteiger partial charge in [0.05, 0.1) is 40.1 Å². The zero-order valence-electron chi connectivity index (χ0n) is 23.4. The molecule has 0 aliphatic heterocycles. The van der Waals surface area contributed by atoms with Crippen molar-refractivity contribution in [1.29, 1.82) is 0 Å². The van der Waals surface area contributed by atoms with Crippen molar-refractivity contribution in [3.05, 3.63) is 115 Å². The zero-order valence-corrected chi connectivity index (χ0v) is 25.0. The Morgan fingerprint density at radius 2 is 1.77 bits per heavy atom. The quantitative estimate of drug-likeness (QED) is 0.144. The molecule has 0 saturated carbocycles. The average Bonchev–Trinajstić information content (AvgIpc) is 2.97. The van der Waals surface area contributed by atoms with E-state index in [4.69, 9.17) is 16.0 Å². The number of sulfonamides is 1. The molecule has 13 heteroatoms. The maximum atomic E-state index is 13.8. The van der Waals surface area contributed by atoms with Crippen molar-refractivity contribution in [2.45, 2.75) is 38.3 Å². The van der Waals surface area contributed by atoms with Gasteiger partial charge < -0.3 is 9.32 Å². The van der Waals surface area contributed by atoms with Gasteiger partial charge in [0.1, 0.15) is 16.4 Å².